The predicted molar refractivity (Wildman–Crippen MR) is 89.0 cm³/mol. The summed E-state index contributed by atoms with van der Waals surface area (Å²) in [4.78, 5) is 9.82. The first kappa shape index (κ1) is 17.5. The first-order valence-corrected chi connectivity index (χ1v) is 8.42. The van der Waals surface area contributed by atoms with Gasteiger partial charge < -0.3 is 9.64 Å². The van der Waals surface area contributed by atoms with Gasteiger partial charge in [0.1, 0.15) is 11.7 Å². The summed E-state index contributed by atoms with van der Waals surface area (Å²) in [5, 5.41) is 0. The molecule has 7 heteroatoms. The number of rotatable bonds is 5. The summed E-state index contributed by atoms with van der Waals surface area (Å²) in [5.74, 6) is -0.173. The maximum Gasteiger partial charge on any atom is 0.423 e. The van der Waals surface area contributed by atoms with E-state index < -0.39 is 11.7 Å². The Labute approximate surface area is 144 Å². The molecule has 1 heterocycles. The molecule has 0 spiro atoms. The molecule has 4 nitrogen and oxygen atoms in total. The van der Waals surface area contributed by atoms with Gasteiger partial charge in [0.2, 0.25) is 11.8 Å². The van der Waals surface area contributed by atoms with Crippen molar-refractivity contribution >= 4 is 11.6 Å². The molecule has 1 fully saturated rings. The van der Waals surface area contributed by atoms with Gasteiger partial charge in [-0.25, -0.2) is 4.98 Å². The molecule has 0 N–H and O–H groups in total. The van der Waals surface area contributed by atoms with E-state index in [0.717, 1.165) is 37.6 Å². The SMILES string of the molecule is CCN(c1ccccc1)c1ncc(C(F)(F)F)c(OC2CCCC2)n1. The molecule has 0 bridgehead atoms. The van der Waals surface area contributed by atoms with E-state index in [4.69, 9.17) is 4.74 Å². The van der Waals surface area contributed by atoms with Gasteiger partial charge in [-0.1, -0.05) is 18.2 Å². The zero-order chi connectivity index (χ0) is 17.9. The zero-order valence-electron chi connectivity index (χ0n) is 14.0. The molecule has 0 radical (unpaired) electrons. The molecule has 1 aliphatic carbocycles. The highest BCUT2D eigenvalue weighted by Crippen LogP contribution is 2.37. The topological polar surface area (TPSA) is 38.2 Å². The lowest BCUT2D eigenvalue weighted by Gasteiger charge is -2.23. The second-order valence-electron chi connectivity index (χ2n) is 5.99. The molecule has 0 amide bonds. The minimum absolute atomic E-state index is 0.203. The van der Waals surface area contributed by atoms with Crippen LogP contribution in [0, 0.1) is 0 Å². The first-order chi connectivity index (χ1) is 12.0. The zero-order valence-corrected chi connectivity index (χ0v) is 14.0. The fourth-order valence-electron chi connectivity index (χ4n) is 2.98. The van der Waals surface area contributed by atoms with Crippen molar-refractivity contribution in [3.63, 3.8) is 0 Å². The van der Waals surface area contributed by atoms with E-state index in [0.29, 0.717) is 6.54 Å². The number of nitrogens with zero attached hydrogens (tertiary/aromatic N) is 3. The molecule has 2 aromatic rings. The summed E-state index contributed by atoms with van der Waals surface area (Å²) < 4.78 is 45.5. The Morgan fingerprint density at radius 3 is 2.44 bits per heavy atom. The van der Waals surface area contributed by atoms with Gasteiger partial charge in [0.25, 0.3) is 0 Å². The van der Waals surface area contributed by atoms with E-state index in [9.17, 15) is 13.2 Å². The van der Waals surface area contributed by atoms with Gasteiger partial charge in [-0.15, -0.1) is 0 Å². The number of aromatic nitrogens is 2. The fraction of sp³-hybridized carbons (Fsp3) is 0.444. The molecule has 0 aliphatic heterocycles. The number of anilines is 2. The number of ether oxygens (including phenoxy) is 1. The van der Waals surface area contributed by atoms with E-state index in [2.05, 4.69) is 9.97 Å². The van der Waals surface area contributed by atoms with Gasteiger partial charge in [0.15, 0.2) is 0 Å². The van der Waals surface area contributed by atoms with E-state index >= 15 is 0 Å². The Morgan fingerprint density at radius 1 is 1.16 bits per heavy atom. The number of para-hydroxylation sites is 1. The molecule has 25 heavy (non-hydrogen) atoms. The number of hydrogen-bond donors (Lipinski definition) is 0. The van der Waals surface area contributed by atoms with Crippen LogP contribution >= 0.6 is 0 Å². The summed E-state index contributed by atoms with van der Waals surface area (Å²) in [6, 6.07) is 9.32. The number of hydrogen-bond acceptors (Lipinski definition) is 4. The number of alkyl halides is 3. The molecule has 134 valence electrons. The normalized spacial score (nSPS) is 15.4. The Kier molecular flexibility index (Phi) is 5.11. The van der Waals surface area contributed by atoms with Crippen molar-refractivity contribution in [2.75, 3.05) is 11.4 Å². The summed E-state index contributed by atoms with van der Waals surface area (Å²) >= 11 is 0. The molecular formula is C18H20F3N3O. The Hall–Kier alpha value is -2.31. The third-order valence-corrected chi connectivity index (χ3v) is 4.25. The van der Waals surface area contributed by atoms with Gasteiger partial charge in [0.05, 0.1) is 0 Å². The van der Waals surface area contributed by atoms with Crippen molar-refractivity contribution in [1.29, 1.82) is 0 Å². The van der Waals surface area contributed by atoms with Crippen LogP contribution in [0.2, 0.25) is 0 Å². The third-order valence-electron chi connectivity index (χ3n) is 4.25. The highest BCUT2D eigenvalue weighted by molar-refractivity contribution is 5.57. The van der Waals surface area contributed by atoms with Gasteiger partial charge in [-0.3, -0.25) is 0 Å². The second kappa shape index (κ2) is 7.29. The summed E-state index contributed by atoms with van der Waals surface area (Å²) in [6.45, 7) is 2.42. The molecule has 3 rings (SSSR count). The van der Waals surface area contributed by atoms with Crippen molar-refractivity contribution < 1.29 is 17.9 Å². The minimum atomic E-state index is -4.55. The summed E-state index contributed by atoms with van der Waals surface area (Å²) in [6.07, 6.45) is -0.492. The standard InChI is InChI=1S/C18H20F3N3O/c1-2-24(13-8-4-3-5-9-13)17-22-12-15(18(19,20)21)16(23-17)25-14-10-6-7-11-14/h3-5,8-9,12,14H,2,6-7,10-11H2,1H3. The van der Waals surface area contributed by atoms with E-state index in [1.807, 2.05) is 37.3 Å². The molecule has 1 saturated carbocycles. The van der Waals surface area contributed by atoms with Crippen LogP contribution in [-0.4, -0.2) is 22.6 Å². The molecule has 0 unspecified atom stereocenters. The fourth-order valence-corrected chi connectivity index (χ4v) is 2.98. The third kappa shape index (κ3) is 4.03. The van der Waals surface area contributed by atoms with Crippen LogP contribution in [-0.2, 0) is 6.18 Å². The van der Waals surface area contributed by atoms with E-state index in [1.165, 1.54) is 0 Å². The maximum atomic E-state index is 13.3. The van der Waals surface area contributed by atoms with Crippen LogP contribution in [0.15, 0.2) is 36.5 Å². The Bertz CT molecular complexity index is 700. The summed E-state index contributed by atoms with van der Waals surface area (Å²) in [7, 11) is 0. The lowest BCUT2D eigenvalue weighted by Crippen LogP contribution is -2.22. The van der Waals surface area contributed by atoms with Gasteiger partial charge in [-0.2, -0.15) is 18.2 Å². The van der Waals surface area contributed by atoms with Gasteiger partial charge in [0, 0.05) is 18.4 Å². The van der Waals surface area contributed by atoms with Crippen molar-refractivity contribution in [3.05, 3.63) is 42.1 Å². The van der Waals surface area contributed by atoms with Crippen LogP contribution in [0.4, 0.5) is 24.8 Å². The van der Waals surface area contributed by atoms with E-state index in [-0.39, 0.29) is 17.9 Å². The molecule has 0 atom stereocenters. The lowest BCUT2D eigenvalue weighted by atomic mass is 10.2. The highest BCUT2D eigenvalue weighted by Gasteiger charge is 2.37. The number of halogens is 3. The molecule has 1 aromatic heterocycles. The Morgan fingerprint density at radius 2 is 1.84 bits per heavy atom. The second-order valence-corrected chi connectivity index (χ2v) is 5.99. The van der Waals surface area contributed by atoms with Crippen molar-refractivity contribution in [3.8, 4) is 5.88 Å². The maximum absolute atomic E-state index is 13.3. The highest BCUT2D eigenvalue weighted by atomic mass is 19.4. The number of benzene rings is 1. The minimum Gasteiger partial charge on any atom is -0.474 e. The van der Waals surface area contributed by atoms with Crippen LogP contribution in [0.1, 0.15) is 38.2 Å². The Balaban J connectivity index is 1.97. The van der Waals surface area contributed by atoms with Crippen LogP contribution in [0.3, 0.4) is 0 Å². The first-order valence-electron chi connectivity index (χ1n) is 8.42. The summed E-state index contributed by atoms with van der Waals surface area (Å²) in [5.41, 5.74) is -0.108. The molecule has 0 saturated heterocycles. The molecular weight excluding hydrogens is 331 g/mol. The lowest BCUT2D eigenvalue weighted by molar-refractivity contribution is -0.139. The monoisotopic (exact) mass is 351 g/mol. The van der Waals surface area contributed by atoms with Gasteiger partial charge >= 0.3 is 6.18 Å². The van der Waals surface area contributed by atoms with Crippen LogP contribution in [0.5, 0.6) is 5.88 Å². The quantitative estimate of drug-likeness (QED) is 0.762. The van der Waals surface area contributed by atoms with Gasteiger partial charge in [-0.05, 0) is 44.7 Å². The molecule has 1 aliphatic rings. The molecule has 1 aromatic carbocycles. The predicted octanol–water partition coefficient (Wildman–Crippen LogP) is 4.97. The van der Waals surface area contributed by atoms with Crippen molar-refractivity contribution in [2.45, 2.75) is 44.9 Å². The van der Waals surface area contributed by atoms with Crippen molar-refractivity contribution in [2.24, 2.45) is 0 Å². The smallest absolute Gasteiger partial charge is 0.423 e. The van der Waals surface area contributed by atoms with Crippen LogP contribution < -0.4 is 9.64 Å². The average Bonchev–Trinajstić information content (AvgIpc) is 3.09. The van der Waals surface area contributed by atoms with Crippen LogP contribution in [0.25, 0.3) is 0 Å². The largest absolute Gasteiger partial charge is 0.474 e. The average molecular weight is 351 g/mol. The van der Waals surface area contributed by atoms with Crippen molar-refractivity contribution in [1.82, 2.24) is 9.97 Å². The van der Waals surface area contributed by atoms with E-state index in [1.54, 1.807) is 4.90 Å².